The lowest BCUT2D eigenvalue weighted by atomic mass is 10.3. The van der Waals surface area contributed by atoms with Crippen LogP contribution in [0.2, 0.25) is 0 Å². The third-order valence-corrected chi connectivity index (χ3v) is 3.90. The second kappa shape index (κ2) is 5.98. The minimum atomic E-state index is 0.645. The SMILES string of the molecule is NCCCOc1ccc2nc(-c3ccccn3)sc2c1. The van der Waals surface area contributed by atoms with Gasteiger partial charge in [-0.2, -0.15) is 0 Å². The van der Waals surface area contributed by atoms with E-state index in [2.05, 4.69) is 9.97 Å². The summed E-state index contributed by atoms with van der Waals surface area (Å²) in [6.45, 7) is 1.29. The zero-order valence-electron chi connectivity index (χ0n) is 11.0. The normalized spacial score (nSPS) is 10.8. The van der Waals surface area contributed by atoms with Crippen LogP contribution in [0.5, 0.6) is 5.75 Å². The molecule has 0 spiro atoms. The van der Waals surface area contributed by atoms with Crippen LogP contribution in [0.4, 0.5) is 0 Å². The third kappa shape index (κ3) is 2.79. The van der Waals surface area contributed by atoms with E-state index in [1.54, 1.807) is 17.5 Å². The van der Waals surface area contributed by atoms with Gasteiger partial charge in [0, 0.05) is 6.20 Å². The Morgan fingerprint density at radius 3 is 2.95 bits per heavy atom. The smallest absolute Gasteiger partial charge is 0.143 e. The van der Waals surface area contributed by atoms with Crippen molar-refractivity contribution in [1.82, 2.24) is 9.97 Å². The number of hydrogen-bond donors (Lipinski definition) is 1. The summed E-state index contributed by atoms with van der Waals surface area (Å²) >= 11 is 1.63. The summed E-state index contributed by atoms with van der Waals surface area (Å²) < 4.78 is 6.76. The van der Waals surface area contributed by atoms with E-state index in [9.17, 15) is 0 Å². The number of nitrogens with two attached hydrogens (primary N) is 1. The molecule has 0 radical (unpaired) electrons. The number of thiazole rings is 1. The maximum Gasteiger partial charge on any atom is 0.143 e. The molecule has 0 saturated heterocycles. The maximum atomic E-state index is 5.65. The number of rotatable bonds is 5. The summed E-state index contributed by atoms with van der Waals surface area (Å²) in [5, 5.41) is 0.930. The maximum absolute atomic E-state index is 5.65. The molecule has 3 rings (SSSR count). The number of fused-ring (bicyclic) bond motifs is 1. The number of pyridine rings is 1. The van der Waals surface area contributed by atoms with Crippen LogP contribution < -0.4 is 10.5 Å². The molecule has 0 saturated carbocycles. The lowest BCUT2D eigenvalue weighted by molar-refractivity contribution is 0.314. The third-order valence-electron chi connectivity index (χ3n) is 2.86. The van der Waals surface area contributed by atoms with Crippen molar-refractivity contribution in [2.45, 2.75) is 6.42 Å². The summed E-state index contributed by atoms with van der Waals surface area (Å²) in [4.78, 5) is 8.93. The molecule has 0 bridgehead atoms. The molecule has 0 aliphatic carbocycles. The molecule has 2 heterocycles. The summed E-state index contributed by atoms with van der Waals surface area (Å²) in [6, 6.07) is 11.8. The first-order valence-corrected chi connectivity index (χ1v) is 7.33. The van der Waals surface area contributed by atoms with Crippen molar-refractivity contribution < 1.29 is 4.74 Å². The number of benzene rings is 1. The van der Waals surface area contributed by atoms with E-state index < -0.39 is 0 Å². The van der Waals surface area contributed by atoms with Gasteiger partial charge in [0.15, 0.2) is 0 Å². The fourth-order valence-corrected chi connectivity index (χ4v) is 2.84. The fourth-order valence-electron chi connectivity index (χ4n) is 1.87. The van der Waals surface area contributed by atoms with Gasteiger partial charge in [0.2, 0.25) is 0 Å². The Kier molecular flexibility index (Phi) is 3.90. The van der Waals surface area contributed by atoms with Gasteiger partial charge in [-0.05, 0) is 43.3 Å². The Morgan fingerprint density at radius 1 is 1.20 bits per heavy atom. The number of nitrogens with zero attached hydrogens (tertiary/aromatic N) is 2. The Labute approximate surface area is 121 Å². The largest absolute Gasteiger partial charge is 0.493 e. The van der Waals surface area contributed by atoms with E-state index >= 15 is 0 Å². The molecule has 0 atom stereocenters. The molecule has 4 nitrogen and oxygen atoms in total. The topological polar surface area (TPSA) is 61.0 Å². The summed E-state index contributed by atoms with van der Waals surface area (Å²) in [6.07, 6.45) is 2.64. The molecular formula is C15H15N3OS. The first-order valence-electron chi connectivity index (χ1n) is 6.52. The lowest BCUT2D eigenvalue weighted by Crippen LogP contribution is -2.05. The van der Waals surface area contributed by atoms with Crippen molar-refractivity contribution in [2.75, 3.05) is 13.2 Å². The molecule has 0 aliphatic heterocycles. The number of aromatic nitrogens is 2. The Hall–Kier alpha value is -1.98. The van der Waals surface area contributed by atoms with Gasteiger partial charge in [0.25, 0.3) is 0 Å². The van der Waals surface area contributed by atoms with E-state index in [1.165, 1.54) is 0 Å². The minimum absolute atomic E-state index is 0.645. The van der Waals surface area contributed by atoms with Crippen LogP contribution in [-0.4, -0.2) is 23.1 Å². The van der Waals surface area contributed by atoms with Crippen LogP contribution in [0.25, 0.3) is 20.9 Å². The van der Waals surface area contributed by atoms with Crippen molar-refractivity contribution in [2.24, 2.45) is 5.73 Å². The summed E-state index contributed by atoms with van der Waals surface area (Å²) in [5.41, 5.74) is 7.33. The molecule has 102 valence electrons. The van der Waals surface area contributed by atoms with Crippen LogP contribution in [0, 0.1) is 0 Å². The molecule has 2 N–H and O–H groups in total. The van der Waals surface area contributed by atoms with Crippen LogP contribution >= 0.6 is 11.3 Å². The molecule has 0 amide bonds. The van der Waals surface area contributed by atoms with E-state index in [1.807, 2.05) is 36.4 Å². The second-order valence-corrected chi connectivity index (χ2v) is 5.38. The zero-order valence-corrected chi connectivity index (χ0v) is 11.8. The minimum Gasteiger partial charge on any atom is -0.493 e. The highest BCUT2D eigenvalue weighted by molar-refractivity contribution is 7.21. The van der Waals surface area contributed by atoms with Crippen LogP contribution in [0.15, 0.2) is 42.6 Å². The van der Waals surface area contributed by atoms with Gasteiger partial charge in [-0.1, -0.05) is 6.07 Å². The Balaban J connectivity index is 1.88. The van der Waals surface area contributed by atoms with Gasteiger partial charge in [0.05, 0.1) is 22.5 Å². The van der Waals surface area contributed by atoms with Gasteiger partial charge in [-0.3, -0.25) is 4.98 Å². The first-order chi connectivity index (χ1) is 9.86. The van der Waals surface area contributed by atoms with Crippen LogP contribution in [0.3, 0.4) is 0 Å². The predicted molar refractivity (Wildman–Crippen MR) is 82.0 cm³/mol. The van der Waals surface area contributed by atoms with Gasteiger partial charge < -0.3 is 10.5 Å². The molecule has 3 aromatic rings. The van der Waals surface area contributed by atoms with E-state index in [-0.39, 0.29) is 0 Å². The lowest BCUT2D eigenvalue weighted by Gasteiger charge is -2.04. The van der Waals surface area contributed by atoms with Crippen molar-refractivity contribution in [3.05, 3.63) is 42.6 Å². The molecule has 0 fully saturated rings. The Bertz CT molecular complexity index is 697. The number of hydrogen-bond acceptors (Lipinski definition) is 5. The molecular weight excluding hydrogens is 270 g/mol. The number of ether oxygens (including phenoxy) is 1. The quantitative estimate of drug-likeness (QED) is 0.732. The predicted octanol–water partition coefficient (Wildman–Crippen LogP) is 3.09. The van der Waals surface area contributed by atoms with Gasteiger partial charge >= 0.3 is 0 Å². The average molecular weight is 285 g/mol. The van der Waals surface area contributed by atoms with Crippen molar-refractivity contribution in [3.63, 3.8) is 0 Å². The molecule has 5 heteroatoms. The Morgan fingerprint density at radius 2 is 2.15 bits per heavy atom. The first kappa shape index (κ1) is 13.0. The van der Waals surface area contributed by atoms with Gasteiger partial charge in [-0.15, -0.1) is 11.3 Å². The van der Waals surface area contributed by atoms with Crippen molar-refractivity contribution in [1.29, 1.82) is 0 Å². The molecule has 2 aromatic heterocycles. The monoisotopic (exact) mass is 285 g/mol. The summed E-state index contributed by atoms with van der Waals surface area (Å²) in [5.74, 6) is 0.863. The van der Waals surface area contributed by atoms with Crippen molar-refractivity contribution >= 4 is 21.6 Å². The fraction of sp³-hybridized carbons (Fsp3) is 0.200. The molecule has 20 heavy (non-hydrogen) atoms. The average Bonchev–Trinajstić information content (AvgIpc) is 2.92. The van der Waals surface area contributed by atoms with Crippen LogP contribution in [-0.2, 0) is 0 Å². The van der Waals surface area contributed by atoms with Crippen LogP contribution in [0.1, 0.15) is 6.42 Å². The highest BCUT2D eigenvalue weighted by Gasteiger charge is 2.07. The van der Waals surface area contributed by atoms with Gasteiger partial charge in [0.1, 0.15) is 10.8 Å². The zero-order chi connectivity index (χ0) is 13.8. The van der Waals surface area contributed by atoms with E-state index in [0.717, 1.165) is 33.1 Å². The van der Waals surface area contributed by atoms with Gasteiger partial charge in [-0.25, -0.2) is 4.98 Å². The van der Waals surface area contributed by atoms with E-state index in [4.69, 9.17) is 10.5 Å². The standard InChI is InChI=1S/C15H15N3OS/c16-7-3-9-19-11-5-6-12-14(10-11)20-15(18-12)13-4-1-2-8-17-13/h1-2,4-6,8,10H,3,7,9,16H2. The highest BCUT2D eigenvalue weighted by atomic mass is 32.1. The van der Waals surface area contributed by atoms with Crippen molar-refractivity contribution in [3.8, 4) is 16.5 Å². The molecule has 0 unspecified atom stereocenters. The highest BCUT2D eigenvalue weighted by Crippen LogP contribution is 2.31. The van der Waals surface area contributed by atoms with E-state index in [0.29, 0.717) is 13.2 Å². The second-order valence-electron chi connectivity index (χ2n) is 4.35. The molecule has 0 aliphatic rings. The molecule has 1 aromatic carbocycles. The summed E-state index contributed by atoms with van der Waals surface area (Å²) in [7, 11) is 0.